The molecule has 6 nitrogen and oxygen atoms in total. The second-order valence-electron chi connectivity index (χ2n) is 14.0. The molecule has 0 aromatic heterocycles. The molecule has 2 aromatic carbocycles. The summed E-state index contributed by atoms with van der Waals surface area (Å²) in [7, 11) is 4.96. The van der Waals surface area contributed by atoms with Crippen LogP contribution in [0.1, 0.15) is 61.3 Å². The van der Waals surface area contributed by atoms with E-state index in [0.29, 0.717) is 13.2 Å². The predicted octanol–water partition coefficient (Wildman–Crippen LogP) is 6.17. The van der Waals surface area contributed by atoms with Crippen molar-refractivity contribution in [2.24, 2.45) is 0 Å². The Morgan fingerprint density at radius 3 is 1.70 bits per heavy atom. The Kier molecular flexibility index (Phi) is 15.4. The van der Waals surface area contributed by atoms with Crippen LogP contribution in [0.2, 0.25) is 23.2 Å². The number of hydrogen-bond donors (Lipinski definition) is 0. The summed E-state index contributed by atoms with van der Waals surface area (Å²) in [6.07, 6.45) is -0.422. The van der Waals surface area contributed by atoms with Gasteiger partial charge in [-0.15, -0.1) is 0 Å². The van der Waals surface area contributed by atoms with Crippen LogP contribution in [0.4, 0.5) is 0 Å². The molecule has 244 valence electrons. The van der Waals surface area contributed by atoms with Gasteiger partial charge >= 0.3 is 274 Å². The summed E-state index contributed by atoms with van der Waals surface area (Å²) in [5.41, 5.74) is 0. The first-order valence-electron chi connectivity index (χ1n) is 15.8. The van der Waals surface area contributed by atoms with Crippen LogP contribution in [0, 0.1) is 0 Å². The number of ether oxygens (including phenoxy) is 3. The molecule has 0 bridgehead atoms. The van der Waals surface area contributed by atoms with Gasteiger partial charge in [0.15, 0.2) is 0 Å². The zero-order chi connectivity index (χ0) is 33.2. The van der Waals surface area contributed by atoms with E-state index in [0.717, 1.165) is 12.8 Å². The Morgan fingerprint density at radius 2 is 1.32 bits per heavy atom. The van der Waals surface area contributed by atoms with Gasteiger partial charge in [-0.2, -0.15) is 0 Å². The van der Waals surface area contributed by atoms with Crippen molar-refractivity contribution in [3.8, 4) is 0 Å². The molecule has 0 saturated heterocycles. The Bertz CT molecular complexity index is 1140. The fourth-order valence-electron chi connectivity index (χ4n) is 5.28. The molecule has 0 fully saturated rings. The molecule has 0 amide bonds. The molecule has 1 unspecified atom stereocenters. The van der Waals surface area contributed by atoms with Gasteiger partial charge in [0.2, 0.25) is 0 Å². The van der Waals surface area contributed by atoms with Crippen molar-refractivity contribution < 1.29 is 27.6 Å². The zero-order valence-corrected chi connectivity index (χ0v) is 32.3. The van der Waals surface area contributed by atoms with Gasteiger partial charge in [-0.3, -0.25) is 0 Å². The number of rotatable bonds is 17. The summed E-state index contributed by atoms with van der Waals surface area (Å²) in [5, 5.41) is 2.18. The van der Waals surface area contributed by atoms with E-state index in [-0.39, 0.29) is 10.1 Å². The molecule has 0 aliphatic rings. The molecule has 0 radical (unpaired) electrons. The molecule has 11 heteroatoms. The molecule has 0 aliphatic carbocycles. The summed E-state index contributed by atoms with van der Waals surface area (Å²) in [6.45, 7) is 21.1. The van der Waals surface area contributed by atoms with Crippen LogP contribution in [-0.2, 0) is 27.6 Å². The van der Waals surface area contributed by atoms with E-state index in [1.54, 1.807) is 14.2 Å². The number of unbranched alkanes of at least 4 members (excludes halogenated alkanes) is 1. The van der Waals surface area contributed by atoms with Crippen LogP contribution in [0.5, 0.6) is 0 Å². The third kappa shape index (κ3) is 10.0. The quantitative estimate of drug-likeness (QED) is 0.0878. The van der Waals surface area contributed by atoms with Crippen molar-refractivity contribution in [3.63, 3.8) is 0 Å². The van der Waals surface area contributed by atoms with Gasteiger partial charge in [-0.25, -0.2) is 0 Å². The summed E-state index contributed by atoms with van der Waals surface area (Å²) in [5.74, 6) is 0. The normalized spacial score (nSPS) is 15.7. The molecular formula is C33H57B2O6PSi2. The van der Waals surface area contributed by atoms with Gasteiger partial charge < -0.3 is 0 Å². The van der Waals surface area contributed by atoms with Crippen molar-refractivity contribution in [1.29, 1.82) is 0 Å². The summed E-state index contributed by atoms with van der Waals surface area (Å²) >= 11 is 0. The summed E-state index contributed by atoms with van der Waals surface area (Å²) in [6, 6.07) is 21.3. The monoisotopic (exact) mass is 658 g/mol. The van der Waals surface area contributed by atoms with Gasteiger partial charge in [0.1, 0.15) is 0 Å². The first-order valence-corrected chi connectivity index (χ1v) is 22.4. The second kappa shape index (κ2) is 17.3. The van der Waals surface area contributed by atoms with Crippen LogP contribution < -0.4 is 10.4 Å². The van der Waals surface area contributed by atoms with Gasteiger partial charge in [-0.05, 0) is 0 Å². The Hall–Kier alpha value is -0.936. The molecule has 0 N–H and O–H groups in total. The Morgan fingerprint density at radius 1 is 0.818 bits per heavy atom. The van der Waals surface area contributed by atoms with Gasteiger partial charge in [0.05, 0.1) is 0 Å². The topological polar surface area (TPSA) is 55.4 Å². The van der Waals surface area contributed by atoms with Crippen molar-refractivity contribution in [2.75, 3.05) is 27.4 Å². The second-order valence-corrected chi connectivity index (χ2v) is 24.4. The summed E-state index contributed by atoms with van der Waals surface area (Å²) < 4.78 is 39.5. The third-order valence-corrected chi connectivity index (χ3v) is 18.7. The predicted molar refractivity (Wildman–Crippen MR) is 194 cm³/mol. The van der Waals surface area contributed by atoms with E-state index < -0.39 is 48.6 Å². The summed E-state index contributed by atoms with van der Waals surface area (Å²) in [4.78, 5) is 0. The van der Waals surface area contributed by atoms with Crippen LogP contribution in [0.25, 0.3) is 0 Å². The van der Waals surface area contributed by atoms with Gasteiger partial charge in [0, 0.05) is 0 Å². The zero-order valence-electron chi connectivity index (χ0n) is 29.4. The SMILES string of the molecule is B#P(B)O[C@@H](C(OC)OC)[C@H](O[Si](C)(C)C(C)(C)C)[C@H](CO[Si](c1ccccc1)(c1ccccc1)C(C)(C)C)OCCCC. The molecule has 0 heterocycles. The Labute approximate surface area is 273 Å². The molecule has 0 saturated carbocycles. The number of benzene rings is 2. The maximum absolute atomic E-state index is 7.43. The number of hydrogen-bond acceptors (Lipinski definition) is 6. The fraction of sp³-hybridized carbons (Fsp3) is 0.636. The first-order chi connectivity index (χ1) is 20.6. The first kappa shape index (κ1) is 39.2. The third-order valence-electron chi connectivity index (χ3n) is 8.66. The van der Waals surface area contributed by atoms with Crippen molar-refractivity contribution in [1.82, 2.24) is 0 Å². The van der Waals surface area contributed by atoms with Crippen LogP contribution in [0.3, 0.4) is 0 Å². The van der Waals surface area contributed by atoms with E-state index in [1.807, 2.05) is 7.57 Å². The average Bonchev–Trinajstić information content (AvgIpc) is 2.95. The standard InChI is InChI=1S/C33H57B2O6PSi2/c1-12-13-24-38-28(29(41-43(10,11)32(2,3)4)30(40-42(34)35)31(36-8)37-9)25-39-44(33(5,6)7,26-20-16-14-17-21-26)27-22-18-15-19-23-27/h14-23,28-31H,12-13,24-25,34H2,1-11H3/t28-,29+,30+/m0/s1. The molecule has 4 atom stereocenters. The molecule has 0 spiro atoms. The molecular weight excluding hydrogens is 601 g/mol. The Balaban J connectivity index is 2.77. The van der Waals surface area contributed by atoms with Crippen LogP contribution >= 0.6 is 7.34 Å². The van der Waals surface area contributed by atoms with Crippen LogP contribution in [0.15, 0.2) is 60.7 Å². The van der Waals surface area contributed by atoms with E-state index in [4.69, 9.17) is 34.6 Å². The van der Waals surface area contributed by atoms with E-state index in [2.05, 4.69) is 122 Å². The minimum absolute atomic E-state index is 0.0576. The van der Waals surface area contributed by atoms with Crippen molar-refractivity contribution in [2.45, 2.75) is 109 Å². The average molecular weight is 659 g/mol. The number of methoxy groups -OCH3 is 2. The van der Waals surface area contributed by atoms with Crippen molar-refractivity contribution in [3.05, 3.63) is 60.7 Å². The fourth-order valence-corrected chi connectivity index (χ4v) is 11.8. The van der Waals surface area contributed by atoms with Gasteiger partial charge in [0.25, 0.3) is 0 Å². The molecule has 2 rings (SSSR count). The van der Waals surface area contributed by atoms with E-state index >= 15 is 0 Å². The molecule has 0 aliphatic heterocycles. The molecule has 44 heavy (non-hydrogen) atoms. The van der Waals surface area contributed by atoms with Crippen LogP contribution in [-0.4, -0.2) is 83.2 Å². The molecule has 2 aromatic rings. The van der Waals surface area contributed by atoms with Gasteiger partial charge in [-0.1, -0.05) is 0 Å². The minimum atomic E-state index is -2.86. The van der Waals surface area contributed by atoms with Crippen molar-refractivity contribution >= 4 is 48.9 Å². The van der Waals surface area contributed by atoms with E-state index in [1.165, 1.54) is 10.4 Å². The maximum atomic E-state index is 7.43. The van der Waals surface area contributed by atoms with E-state index in [9.17, 15) is 0 Å².